The van der Waals surface area contributed by atoms with Crippen LogP contribution >= 0.6 is 22.9 Å². The van der Waals surface area contributed by atoms with Gasteiger partial charge in [0.1, 0.15) is 12.1 Å². The number of halogens is 1. The predicted molar refractivity (Wildman–Crippen MR) is 97.0 cm³/mol. The number of carbonyl (C=O) groups is 1. The van der Waals surface area contributed by atoms with Crippen molar-refractivity contribution in [1.29, 1.82) is 0 Å². The molecular weight excluding hydrogens is 376 g/mol. The molecule has 0 amide bonds. The van der Waals surface area contributed by atoms with E-state index in [-0.39, 0.29) is 23.4 Å². The Balaban J connectivity index is 2.39. The quantitative estimate of drug-likeness (QED) is 0.530. The second kappa shape index (κ2) is 6.89. The number of Topliss-reactive ketones (excluding diaryl/α,β-unsaturated/α-hetero) is 1. The van der Waals surface area contributed by atoms with Crippen molar-refractivity contribution in [2.45, 2.75) is 20.4 Å². The van der Waals surface area contributed by atoms with Crippen LogP contribution in [0.2, 0.25) is 4.47 Å². The largest absolute Gasteiger partial charge is 0.842 e. The lowest BCUT2D eigenvalue weighted by Gasteiger charge is -2.17. The Hall–Kier alpha value is -2.71. The molecule has 3 rings (SSSR count). The summed E-state index contributed by atoms with van der Waals surface area (Å²) in [7, 11) is 0. The van der Waals surface area contributed by atoms with Crippen LogP contribution in [0, 0.1) is 0 Å². The number of nitrogens with zero attached hydrogens (tertiary/aromatic N) is 3. The van der Waals surface area contributed by atoms with Crippen LogP contribution in [0.3, 0.4) is 0 Å². The third-order valence-corrected chi connectivity index (χ3v) is 4.94. The smallest absolute Gasteiger partial charge is 0.349 e. The fourth-order valence-electron chi connectivity index (χ4n) is 2.81. The van der Waals surface area contributed by atoms with Crippen molar-refractivity contribution in [1.82, 2.24) is 9.38 Å². The van der Waals surface area contributed by atoms with E-state index in [4.69, 9.17) is 17.3 Å². The summed E-state index contributed by atoms with van der Waals surface area (Å²) >= 11 is 7.11. The summed E-state index contributed by atoms with van der Waals surface area (Å²) in [6, 6.07) is 5.05. The van der Waals surface area contributed by atoms with Crippen molar-refractivity contribution >= 4 is 39.9 Å². The van der Waals surface area contributed by atoms with Crippen LogP contribution in [0.5, 0.6) is 5.88 Å². The second-order valence-electron chi connectivity index (χ2n) is 5.69. The molecule has 0 radical (unpaired) electrons. The van der Waals surface area contributed by atoms with Gasteiger partial charge in [0.2, 0.25) is 0 Å². The van der Waals surface area contributed by atoms with Gasteiger partial charge in [0, 0.05) is 18.0 Å². The molecule has 0 unspecified atom stereocenters. The summed E-state index contributed by atoms with van der Waals surface area (Å²) < 4.78 is 3.09. The first-order chi connectivity index (χ1) is 12.3. The van der Waals surface area contributed by atoms with E-state index in [1.165, 1.54) is 34.2 Å². The molecule has 0 aromatic carbocycles. The molecule has 0 aliphatic heterocycles. The molecule has 2 N–H and O–H groups in total. The van der Waals surface area contributed by atoms with Crippen LogP contribution in [0.4, 0.5) is 0 Å². The number of hydrogen-bond acceptors (Lipinski definition) is 6. The molecule has 9 heteroatoms. The normalized spacial score (nSPS) is 12.3. The average molecular weight is 391 g/mol. The van der Waals surface area contributed by atoms with Crippen LogP contribution in [0.15, 0.2) is 41.1 Å². The van der Waals surface area contributed by atoms with E-state index < -0.39 is 17.2 Å². The summed E-state index contributed by atoms with van der Waals surface area (Å²) in [5.74, 6) is -1.02. The van der Waals surface area contributed by atoms with Gasteiger partial charge < -0.3 is 10.8 Å². The summed E-state index contributed by atoms with van der Waals surface area (Å²) in [6.07, 6.45) is 3.11. The van der Waals surface area contributed by atoms with Gasteiger partial charge in [0.25, 0.3) is 5.65 Å². The Morgan fingerprint density at radius 1 is 1.42 bits per heavy atom. The maximum absolute atomic E-state index is 13.1. The number of thiazole rings is 1. The summed E-state index contributed by atoms with van der Waals surface area (Å²) in [6.45, 7) is 2.93. The number of hydrogen-bond donors (Lipinski definition) is 1. The van der Waals surface area contributed by atoms with E-state index in [0.29, 0.717) is 10.1 Å². The zero-order chi connectivity index (χ0) is 19.0. The third kappa shape index (κ3) is 3.09. The van der Waals surface area contributed by atoms with E-state index in [9.17, 15) is 14.7 Å². The molecule has 26 heavy (non-hydrogen) atoms. The number of rotatable bonds is 4. The lowest BCUT2D eigenvalue weighted by Crippen LogP contribution is -2.45. The number of allylic oxidation sites excluding steroid dienone is 2. The predicted octanol–water partition coefficient (Wildman–Crippen LogP) is 1.10. The van der Waals surface area contributed by atoms with Crippen LogP contribution in [-0.2, 0) is 11.3 Å². The maximum atomic E-state index is 13.1. The lowest BCUT2D eigenvalue weighted by atomic mass is 10.0. The number of carbonyl (C=O) groups excluding carboxylic acids is 1. The Kier molecular flexibility index (Phi) is 4.80. The first-order valence-corrected chi connectivity index (χ1v) is 8.82. The lowest BCUT2D eigenvalue weighted by molar-refractivity contribution is -0.708. The molecule has 0 fully saturated rings. The molecule has 3 heterocycles. The molecule has 3 aromatic heterocycles. The van der Waals surface area contributed by atoms with Gasteiger partial charge in [-0.3, -0.25) is 4.79 Å². The van der Waals surface area contributed by atoms with Crippen molar-refractivity contribution in [3.63, 3.8) is 0 Å². The summed E-state index contributed by atoms with van der Waals surface area (Å²) in [4.78, 5) is 29.6. The Labute approximate surface area is 157 Å². The van der Waals surface area contributed by atoms with Crippen LogP contribution in [-0.4, -0.2) is 15.2 Å². The van der Waals surface area contributed by atoms with Crippen molar-refractivity contribution < 1.29 is 14.5 Å². The standard InChI is InChI=1S/C17H15ClN4O3S/c1-9(19)13(10(2)23)14-15(24)21-6-4-3-5-12(21)22(16(14)25)8-11-7-20-17(18)26-11/h3-7H,8H2,1-2H3,(H2-,19,23,24,25). The number of aromatic nitrogens is 3. The van der Waals surface area contributed by atoms with Crippen LogP contribution in [0.1, 0.15) is 24.3 Å². The highest BCUT2D eigenvalue weighted by atomic mass is 35.5. The molecule has 0 bridgehead atoms. The fourth-order valence-corrected chi connectivity index (χ4v) is 3.77. The van der Waals surface area contributed by atoms with E-state index in [1.54, 1.807) is 30.6 Å². The molecule has 0 aliphatic rings. The molecule has 7 nitrogen and oxygen atoms in total. The van der Waals surface area contributed by atoms with Crippen molar-refractivity contribution in [3.8, 4) is 5.88 Å². The monoisotopic (exact) mass is 390 g/mol. The Bertz CT molecular complexity index is 1110. The highest BCUT2D eigenvalue weighted by Gasteiger charge is 2.25. The van der Waals surface area contributed by atoms with Gasteiger partial charge in [-0.25, -0.2) is 14.3 Å². The van der Waals surface area contributed by atoms with E-state index in [0.717, 1.165) is 4.88 Å². The molecule has 0 aliphatic carbocycles. The number of pyridine rings is 1. The van der Waals surface area contributed by atoms with Crippen LogP contribution in [0.25, 0.3) is 11.2 Å². The van der Waals surface area contributed by atoms with E-state index >= 15 is 0 Å². The minimum Gasteiger partial charge on any atom is -0.842 e. The molecule has 0 saturated heterocycles. The number of ketones is 1. The zero-order valence-electron chi connectivity index (χ0n) is 14.0. The van der Waals surface area contributed by atoms with Crippen molar-refractivity contribution in [3.05, 3.63) is 61.6 Å². The van der Waals surface area contributed by atoms with Gasteiger partial charge in [-0.2, -0.15) is 4.40 Å². The van der Waals surface area contributed by atoms with E-state index in [1.807, 2.05) is 0 Å². The SMILES string of the molecule is CC(=O)/C(=C(/C)N)c1c([O-])[n+](Cc2cnc(Cl)s2)c2ccccn2c1=O. The van der Waals surface area contributed by atoms with E-state index in [2.05, 4.69) is 4.98 Å². The number of nitrogens with two attached hydrogens (primary N) is 1. The first kappa shape index (κ1) is 18.1. The highest BCUT2D eigenvalue weighted by Crippen LogP contribution is 2.22. The zero-order valence-corrected chi connectivity index (χ0v) is 15.6. The molecular formula is C17H15ClN4O3S. The minimum atomic E-state index is -0.584. The average Bonchev–Trinajstić information content (AvgIpc) is 2.99. The topological polar surface area (TPSA) is 104 Å². The van der Waals surface area contributed by atoms with Gasteiger partial charge in [-0.15, -0.1) is 11.3 Å². The molecule has 0 spiro atoms. The van der Waals surface area contributed by atoms with Crippen molar-refractivity contribution in [2.24, 2.45) is 5.73 Å². The summed E-state index contributed by atoms with van der Waals surface area (Å²) in [5, 5.41) is 13.1. The highest BCUT2D eigenvalue weighted by molar-refractivity contribution is 7.15. The maximum Gasteiger partial charge on any atom is 0.349 e. The van der Waals surface area contributed by atoms with Gasteiger partial charge >= 0.3 is 5.56 Å². The first-order valence-electron chi connectivity index (χ1n) is 7.63. The number of fused-ring (bicyclic) bond motifs is 1. The fraction of sp³-hybridized carbons (Fsp3) is 0.176. The minimum absolute atomic E-state index is 0.0608. The Morgan fingerprint density at radius 3 is 2.73 bits per heavy atom. The van der Waals surface area contributed by atoms with Crippen molar-refractivity contribution in [2.75, 3.05) is 0 Å². The summed E-state index contributed by atoms with van der Waals surface area (Å²) in [5.41, 5.74) is 5.43. The Morgan fingerprint density at radius 2 is 2.15 bits per heavy atom. The second-order valence-corrected chi connectivity index (χ2v) is 7.39. The van der Waals surface area contributed by atoms with Crippen LogP contribution < -0.4 is 21.0 Å². The molecule has 0 atom stereocenters. The van der Waals surface area contributed by atoms with Gasteiger partial charge in [-0.05, 0) is 19.9 Å². The van der Waals surface area contributed by atoms with Gasteiger partial charge in [-0.1, -0.05) is 17.7 Å². The molecule has 134 valence electrons. The van der Waals surface area contributed by atoms with Gasteiger partial charge in [0.05, 0.1) is 22.5 Å². The third-order valence-electron chi connectivity index (χ3n) is 3.84. The molecule has 3 aromatic rings. The molecule has 0 saturated carbocycles. The van der Waals surface area contributed by atoms with Gasteiger partial charge in [0.15, 0.2) is 10.3 Å².